The van der Waals surface area contributed by atoms with Crippen LogP contribution in [0.5, 0.6) is 0 Å². The van der Waals surface area contributed by atoms with E-state index in [2.05, 4.69) is 10.3 Å². The summed E-state index contributed by atoms with van der Waals surface area (Å²) in [5.74, 6) is -1.49. The van der Waals surface area contributed by atoms with Crippen molar-refractivity contribution in [3.05, 3.63) is 83.3 Å². The van der Waals surface area contributed by atoms with Gasteiger partial charge in [-0.2, -0.15) is 13.2 Å². The van der Waals surface area contributed by atoms with E-state index in [0.717, 1.165) is 18.2 Å². The van der Waals surface area contributed by atoms with Crippen LogP contribution >= 0.6 is 0 Å². The Kier molecular flexibility index (Phi) is 7.99. The monoisotopic (exact) mass is 515 g/mol. The lowest BCUT2D eigenvalue weighted by atomic mass is 10.0. The van der Waals surface area contributed by atoms with Crippen LogP contribution in [0.1, 0.15) is 28.4 Å². The van der Waals surface area contributed by atoms with E-state index in [-0.39, 0.29) is 12.0 Å². The van der Waals surface area contributed by atoms with Gasteiger partial charge in [-0.3, -0.25) is 19.5 Å². The Hall–Kier alpha value is -3.63. The lowest BCUT2D eigenvalue weighted by Crippen LogP contribution is -2.47. The van der Waals surface area contributed by atoms with Crippen molar-refractivity contribution >= 4 is 17.4 Å². The van der Waals surface area contributed by atoms with E-state index in [1.54, 1.807) is 37.3 Å². The molecule has 0 saturated carbocycles. The molecule has 0 radical (unpaired) electrons. The van der Waals surface area contributed by atoms with E-state index in [0.29, 0.717) is 43.1 Å². The lowest BCUT2D eigenvalue weighted by Gasteiger charge is -2.31. The van der Waals surface area contributed by atoms with Crippen LogP contribution in [0.4, 0.5) is 23.2 Å². The van der Waals surface area contributed by atoms with Crippen molar-refractivity contribution in [2.24, 2.45) is 0 Å². The number of hydrogen-bond donors (Lipinski definition) is 1. The molecule has 1 aliphatic heterocycles. The molecule has 0 bridgehead atoms. The molecule has 1 amide bonds. The number of alkyl halides is 3. The Morgan fingerprint density at radius 3 is 2.46 bits per heavy atom. The van der Waals surface area contributed by atoms with Crippen molar-refractivity contribution in [3.8, 4) is 11.3 Å². The molecule has 37 heavy (non-hydrogen) atoms. The maximum absolute atomic E-state index is 14.0. The van der Waals surface area contributed by atoms with Gasteiger partial charge in [-0.05, 0) is 42.8 Å². The molecule has 2 heterocycles. The van der Waals surface area contributed by atoms with Gasteiger partial charge < -0.3 is 10.1 Å². The van der Waals surface area contributed by atoms with Crippen molar-refractivity contribution in [2.75, 3.05) is 31.6 Å². The van der Waals surface area contributed by atoms with Gasteiger partial charge in [0, 0.05) is 36.8 Å². The first-order chi connectivity index (χ1) is 17.6. The van der Waals surface area contributed by atoms with Gasteiger partial charge in [0.25, 0.3) is 0 Å². The number of amides is 1. The van der Waals surface area contributed by atoms with Crippen LogP contribution in [0.2, 0.25) is 0 Å². The summed E-state index contributed by atoms with van der Waals surface area (Å²) in [5, 5.41) is 2.36. The van der Waals surface area contributed by atoms with Gasteiger partial charge >= 0.3 is 6.18 Å². The summed E-state index contributed by atoms with van der Waals surface area (Å²) < 4.78 is 60.2. The number of pyridine rings is 1. The minimum absolute atomic E-state index is 0.0144. The molecule has 0 spiro atoms. The van der Waals surface area contributed by atoms with E-state index in [9.17, 15) is 27.2 Å². The first-order valence-electron chi connectivity index (χ1n) is 11.7. The SMILES string of the molecule is CC(C(=O)Nc1cc(C(=O)Cc2ccc(-c3ccccc3F)nc2)ccc1C(F)(F)F)N1CCOCC1. The van der Waals surface area contributed by atoms with Crippen LogP contribution in [0, 0.1) is 5.82 Å². The van der Waals surface area contributed by atoms with Crippen LogP contribution in [-0.4, -0.2) is 53.9 Å². The number of ketones is 1. The maximum atomic E-state index is 14.0. The molecule has 3 aromatic rings. The average Bonchev–Trinajstić information content (AvgIpc) is 2.89. The van der Waals surface area contributed by atoms with Crippen LogP contribution < -0.4 is 5.32 Å². The maximum Gasteiger partial charge on any atom is 0.418 e. The van der Waals surface area contributed by atoms with Crippen LogP contribution in [0.25, 0.3) is 11.3 Å². The fourth-order valence-electron chi connectivity index (χ4n) is 4.08. The molecule has 2 aromatic carbocycles. The van der Waals surface area contributed by atoms with Crippen molar-refractivity contribution in [3.63, 3.8) is 0 Å². The largest absolute Gasteiger partial charge is 0.418 e. The van der Waals surface area contributed by atoms with Crippen LogP contribution in [0.3, 0.4) is 0 Å². The predicted molar refractivity (Wildman–Crippen MR) is 130 cm³/mol. The highest BCUT2D eigenvalue weighted by molar-refractivity contribution is 6.01. The summed E-state index contributed by atoms with van der Waals surface area (Å²) in [6.45, 7) is 3.46. The second-order valence-corrected chi connectivity index (χ2v) is 8.70. The molecule has 1 aliphatic rings. The van der Waals surface area contributed by atoms with Crippen molar-refractivity contribution in [2.45, 2.75) is 25.6 Å². The number of benzene rings is 2. The van der Waals surface area contributed by atoms with E-state index >= 15 is 0 Å². The molecule has 0 aliphatic carbocycles. The predicted octanol–water partition coefficient (Wildman–Crippen LogP) is 4.99. The zero-order valence-electron chi connectivity index (χ0n) is 20.0. The zero-order valence-corrected chi connectivity index (χ0v) is 20.0. The standard InChI is InChI=1S/C27H25F4N3O3/c1-17(34-10-12-37-13-11-34)26(36)33-24-15-19(7-8-21(24)27(29,30)31)25(35)14-18-6-9-23(32-16-18)20-4-2-3-5-22(20)28/h2-9,15-17H,10-14H2,1H3,(H,33,36). The Morgan fingerprint density at radius 1 is 1.08 bits per heavy atom. The van der Waals surface area contributed by atoms with E-state index in [1.807, 2.05) is 4.90 Å². The summed E-state index contributed by atoms with van der Waals surface area (Å²) in [6, 6.07) is 11.6. The number of morpholine rings is 1. The summed E-state index contributed by atoms with van der Waals surface area (Å²) in [4.78, 5) is 31.7. The smallest absolute Gasteiger partial charge is 0.379 e. The number of nitrogens with one attached hydrogen (secondary N) is 1. The van der Waals surface area contributed by atoms with Crippen molar-refractivity contribution in [1.29, 1.82) is 0 Å². The minimum atomic E-state index is -4.72. The summed E-state index contributed by atoms with van der Waals surface area (Å²) in [5.41, 5.74) is -0.283. The summed E-state index contributed by atoms with van der Waals surface area (Å²) in [6.07, 6.45) is -3.43. The second-order valence-electron chi connectivity index (χ2n) is 8.70. The Morgan fingerprint density at radius 2 is 1.81 bits per heavy atom. The number of carbonyl (C=O) groups excluding carboxylic acids is 2. The molecule has 4 rings (SSSR count). The van der Waals surface area contributed by atoms with Gasteiger partial charge in [-0.25, -0.2) is 4.39 Å². The fourth-order valence-corrected chi connectivity index (χ4v) is 4.08. The number of aromatic nitrogens is 1. The van der Waals surface area contributed by atoms with Crippen LogP contribution in [0.15, 0.2) is 60.8 Å². The molecule has 1 atom stereocenters. The number of anilines is 1. The molecule has 194 valence electrons. The quantitative estimate of drug-likeness (QED) is 0.355. The normalized spacial score (nSPS) is 15.3. The second kappa shape index (κ2) is 11.2. The first-order valence-corrected chi connectivity index (χ1v) is 11.7. The lowest BCUT2D eigenvalue weighted by molar-refractivity contribution is -0.137. The molecule has 1 aromatic heterocycles. The van der Waals surface area contributed by atoms with Crippen LogP contribution in [-0.2, 0) is 22.1 Å². The number of hydrogen-bond acceptors (Lipinski definition) is 5. The van der Waals surface area contributed by atoms with E-state index in [1.165, 1.54) is 12.3 Å². The molecule has 1 saturated heterocycles. The number of Topliss-reactive ketones (excluding diaryl/α,β-unsaturated/α-hetero) is 1. The third-order valence-electron chi connectivity index (χ3n) is 6.22. The average molecular weight is 516 g/mol. The molecular formula is C27H25F4N3O3. The highest BCUT2D eigenvalue weighted by atomic mass is 19.4. The van der Waals surface area contributed by atoms with Crippen molar-refractivity contribution < 1.29 is 31.9 Å². The molecular weight excluding hydrogens is 490 g/mol. The Balaban J connectivity index is 1.52. The molecule has 1 fully saturated rings. The van der Waals surface area contributed by atoms with Gasteiger partial charge in [-0.1, -0.05) is 24.3 Å². The number of nitrogens with zero attached hydrogens (tertiary/aromatic N) is 2. The zero-order chi connectivity index (χ0) is 26.6. The minimum Gasteiger partial charge on any atom is -0.379 e. The highest BCUT2D eigenvalue weighted by Crippen LogP contribution is 2.36. The molecule has 1 unspecified atom stereocenters. The fraction of sp³-hybridized carbons (Fsp3) is 0.296. The van der Waals surface area contributed by atoms with Gasteiger partial charge in [0.15, 0.2) is 5.78 Å². The number of carbonyl (C=O) groups is 2. The Labute approximate surface area is 211 Å². The number of halogens is 4. The summed E-state index contributed by atoms with van der Waals surface area (Å²) in [7, 11) is 0. The van der Waals surface area contributed by atoms with Gasteiger partial charge in [0.1, 0.15) is 5.82 Å². The summed E-state index contributed by atoms with van der Waals surface area (Å²) >= 11 is 0. The topological polar surface area (TPSA) is 71.5 Å². The third kappa shape index (κ3) is 6.39. The molecule has 10 heteroatoms. The van der Waals surface area contributed by atoms with Crippen molar-refractivity contribution in [1.82, 2.24) is 9.88 Å². The molecule has 6 nitrogen and oxygen atoms in total. The third-order valence-corrected chi connectivity index (χ3v) is 6.22. The number of ether oxygens (including phenoxy) is 1. The molecule has 1 N–H and O–H groups in total. The Bertz CT molecular complexity index is 1270. The van der Waals surface area contributed by atoms with E-state index in [4.69, 9.17) is 4.74 Å². The van der Waals surface area contributed by atoms with Gasteiger partial charge in [0.05, 0.1) is 36.2 Å². The number of rotatable bonds is 7. The van der Waals surface area contributed by atoms with E-state index < -0.39 is 41.0 Å². The van der Waals surface area contributed by atoms with Gasteiger partial charge in [-0.15, -0.1) is 0 Å². The van der Waals surface area contributed by atoms with Gasteiger partial charge in [0.2, 0.25) is 5.91 Å². The highest BCUT2D eigenvalue weighted by Gasteiger charge is 2.35. The first kappa shape index (κ1) is 26.4.